The molecule has 0 spiro atoms. The molecule has 8 heteroatoms. The lowest BCUT2D eigenvalue weighted by molar-refractivity contribution is 0.0692. The molecule has 2 aromatic heterocycles. The monoisotopic (exact) mass is 439 g/mol. The highest BCUT2D eigenvalue weighted by atomic mass is 32.1. The number of carboxylic acid groups (broad SMARTS) is 1. The number of hydrogen-bond acceptors (Lipinski definition) is 6. The number of nitrogens with zero attached hydrogens (tertiary/aromatic N) is 1. The first kappa shape index (κ1) is 21.9. The summed E-state index contributed by atoms with van der Waals surface area (Å²) >= 11 is 1.38. The van der Waals surface area contributed by atoms with Crippen molar-refractivity contribution in [1.82, 2.24) is 0 Å². The van der Waals surface area contributed by atoms with Gasteiger partial charge >= 0.3 is 11.6 Å². The summed E-state index contributed by atoms with van der Waals surface area (Å²) in [5, 5.41) is 9.68. The van der Waals surface area contributed by atoms with Crippen LogP contribution in [0.3, 0.4) is 0 Å². The molecule has 0 bridgehead atoms. The summed E-state index contributed by atoms with van der Waals surface area (Å²) in [7, 11) is 3.72. The summed E-state index contributed by atoms with van der Waals surface area (Å²) in [6.45, 7) is 0. The fourth-order valence-corrected chi connectivity index (χ4v) is 3.71. The molecule has 0 atom stereocenters. The normalized spacial score (nSPS) is 10.3. The maximum absolute atomic E-state index is 12.7. The standard InChI is InChI=1S/C13H9FO.C10H9NO4S/c14-12-7-5-10(6-8-12)13-4-2-1-3-11(13)9-15;1-11(2)8-4-6-7(16-8)3-5(9(12)13)10(14)15-6/h1-9H;3-4H,1-2H3,(H,12,13). The largest absolute Gasteiger partial charge is 0.477 e. The minimum absolute atomic E-state index is 0.276. The van der Waals surface area contributed by atoms with Gasteiger partial charge in [0.2, 0.25) is 0 Å². The van der Waals surface area contributed by atoms with Crippen LogP contribution in [0.2, 0.25) is 0 Å². The SMILES string of the molecule is CN(C)c1cc2oc(=O)c(C(=O)O)cc2s1.O=Cc1ccccc1-c1ccc(F)cc1. The average Bonchev–Trinajstić information content (AvgIpc) is 3.17. The predicted molar refractivity (Wildman–Crippen MR) is 119 cm³/mol. The smallest absolute Gasteiger partial charge is 0.351 e. The van der Waals surface area contributed by atoms with Crippen LogP contribution >= 0.6 is 11.3 Å². The van der Waals surface area contributed by atoms with Gasteiger partial charge in [0.05, 0.1) is 9.70 Å². The lowest BCUT2D eigenvalue weighted by Crippen LogP contribution is -2.12. The molecule has 0 amide bonds. The van der Waals surface area contributed by atoms with Crippen LogP contribution in [0.15, 0.2) is 69.9 Å². The van der Waals surface area contributed by atoms with Gasteiger partial charge in [0, 0.05) is 25.7 Å². The van der Waals surface area contributed by atoms with Crippen molar-refractivity contribution in [3.63, 3.8) is 0 Å². The van der Waals surface area contributed by atoms with Crippen LogP contribution in [-0.4, -0.2) is 31.5 Å². The molecule has 1 N–H and O–H groups in total. The van der Waals surface area contributed by atoms with Gasteiger partial charge in [-0.3, -0.25) is 4.79 Å². The Morgan fingerprint density at radius 1 is 1.10 bits per heavy atom. The molecule has 4 aromatic rings. The number of carboxylic acids is 1. The Bertz CT molecular complexity index is 1290. The van der Waals surface area contributed by atoms with Gasteiger partial charge in [-0.2, -0.15) is 0 Å². The molecule has 0 aliphatic rings. The highest BCUT2D eigenvalue weighted by molar-refractivity contribution is 7.22. The molecule has 0 aliphatic heterocycles. The van der Waals surface area contributed by atoms with Gasteiger partial charge in [0.25, 0.3) is 0 Å². The van der Waals surface area contributed by atoms with Gasteiger partial charge in [-0.1, -0.05) is 36.4 Å². The number of anilines is 1. The zero-order chi connectivity index (χ0) is 22.5. The number of aldehydes is 1. The van der Waals surface area contributed by atoms with Crippen LogP contribution < -0.4 is 10.5 Å². The second-order valence-electron chi connectivity index (χ2n) is 6.67. The predicted octanol–water partition coefficient (Wildman–Crippen LogP) is 4.92. The van der Waals surface area contributed by atoms with Gasteiger partial charge in [0.15, 0.2) is 11.9 Å². The van der Waals surface area contributed by atoms with Crippen molar-refractivity contribution in [1.29, 1.82) is 0 Å². The van der Waals surface area contributed by atoms with Gasteiger partial charge in [-0.05, 0) is 29.3 Å². The first-order valence-electron chi connectivity index (χ1n) is 9.08. The number of hydrogen-bond donors (Lipinski definition) is 1. The second-order valence-corrected chi connectivity index (χ2v) is 7.73. The Morgan fingerprint density at radius 3 is 2.39 bits per heavy atom. The topological polar surface area (TPSA) is 87.8 Å². The summed E-state index contributed by atoms with van der Waals surface area (Å²) in [6.07, 6.45) is 0.804. The number of rotatable bonds is 4. The van der Waals surface area contributed by atoms with Crippen molar-refractivity contribution in [2.75, 3.05) is 19.0 Å². The maximum atomic E-state index is 12.7. The van der Waals surface area contributed by atoms with E-state index in [1.165, 1.54) is 29.5 Å². The first-order valence-corrected chi connectivity index (χ1v) is 9.90. The quantitative estimate of drug-likeness (QED) is 0.454. The molecule has 158 valence electrons. The fourth-order valence-electron chi connectivity index (χ4n) is 2.76. The van der Waals surface area contributed by atoms with Crippen LogP contribution in [0, 0.1) is 5.82 Å². The molecular formula is C23H18FNO5S. The van der Waals surface area contributed by atoms with Gasteiger partial charge in [-0.25, -0.2) is 14.0 Å². The highest BCUT2D eigenvalue weighted by Gasteiger charge is 2.14. The molecule has 0 radical (unpaired) electrons. The lowest BCUT2D eigenvalue weighted by Gasteiger charge is -2.06. The van der Waals surface area contributed by atoms with Crippen molar-refractivity contribution < 1.29 is 23.5 Å². The number of thiophene rings is 1. The lowest BCUT2D eigenvalue weighted by atomic mass is 10.0. The van der Waals surface area contributed by atoms with Gasteiger partial charge in [-0.15, -0.1) is 11.3 Å². The molecular weight excluding hydrogens is 421 g/mol. The molecule has 0 fully saturated rings. The number of aromatic carboxylic acids is 1. The van der Waals surface area contributed by atoms with Gasteiger partial charge in [0.1, 0.15) is 11.4 Å². The van der Waals surface area contributed by atoms with E-state index >= 15 is 0 Å². The third-order valence-electron chi connectivity index (χ3n) is 4.32. The molecule has 2 heterocycles. The van der Waals surface area contributed by atoms with E-state index < -0.39 is 11.6 Å². The van der Waals surface area contributed by atoms with E-state index in [-0.39, 0.29) is 11.4 Å². The summed E-state index contributed by atoms with van der Waals surface area (Å²) in [4.78, 5) is 34.7. The summed E-state index contributed by atoms with van der Waals surface area (Å²) in [5.74, 6) is -1.54. The van der Waals surface area contributed by atoms with Crippen molar-refractivity contribution >= 4 is 38.9 Å². The van der Waals surface area contributed by atoms with E-state index in [9.17, 15) is 18.8 Å². The molecule has 0 unspecified atom stereocenters. The molecule has 2 aromatic carbocycles. The molecule has 0 saturated carbocycles. The van der Waals surface area contributed by atoms with Gasteiger partial charge < -0.3 is 14.4 Å². The van der Waals surface area contributed by atoms with E-state index in [1.54, 1.807) is 30.3 Å². The zero-order valence-corrected chi connectivity index (χ0v) is 17.5. The van der Waals surface area contributed by atoms with E-state index in [4.69, 9.17) is 9.52 Å². The number of halogens is 1. The Kier molecular flexibility index (Phi) is 6.61. The average molecular weight is 439 g/mol. The Morgan fingerprint density at radius 2 is 1.77 bits per heavy atom. The van der Waals surface area contributed by atoms with E-state index in [0.29, 0.717) is 15.8 Å². The first-order chi connectivity index (χ1) is 14.8. The van der Waals surface area contributed by atoms with Crippen LogP contribution in [0.25, 0.3) is 21.4 Å². The van der Waals surface area contributed by atoms with Crippen molar-refractivity contribution in [2.45, 2.75) is 0 Å². The van der Waals surface area contributed by atoms with Crippen molar-refractivity contribution in [3.05, 3.63) is 88.0 Å². The van der Waals surface area contributed by atoms with E-state index in [2.05, 4.69) is 0 Å². The van der Waals surface area contributed by atoms with Crippen LogP contribution in [0.1, 0.15) is 20.7 Å². The van der Waals surface area contributed by atoms with Crippen LogP contribution in [-0.2, 0) is 0 Å². The second kappa shape index (κ2) is 9.36. The third kappa shape index (κ3) is 5.04. The van der Waals surface area contributed by atoms with Crippen molar-refractivity contribution in [3.8, 4) is 11.1 Å². The Balaban J connectivity index is 0.000000176. The molecule has 0 aliphatic carbocycles. The van der Waals surface area contributed by atoms with Crippen molar-refractivity contribution in [2.24, 2.45) is 0 Å². The maximum Gasteiger partial charge on any atom is 0.351 e. The van der Waals surface area contributed by atoms with E-state index in [1.807, 2.05) is 31.1 Å². The minimum atomic E-state index is -1.27. The fraction of sp³-hybridized carbons (Fsp3) is 0.0870. The third-order valence-corrected chi connectivity index (χ3v) is 5.56. The molecule has 6 nitrogen and oxygen atoms in total. The Labute approximate surface area is 180 Å². The summed E-state index contributed by atoms with van der Waals surface area (Å²) in [5.41, 5.74) is 1.56. The summed E-state index contributed by atoms with van der Waals surface area (Å²) in [6, 6.07) is 16.4. The zero-order valence-electron chi connectivity index (χ0n) is 16.7. The van der Waals surface area contributed by atoms with Crippen LogP contribution in [0.5, 0.6) is 0 Å². The molecule has 4 rings (SSSR count). The Hall–Kier alpha value is -3.78. The van der Waals surface area contributed by atoms with E-state index in [0.717, 1.165) is 22.4 Å². The molecule has 0 saturated heterocycles. The number of benzene rings is 2. The summed E-state index contributed by atoms with van der Waals surface area (Å²) < 4.78 is 18.3. The number of carbonyl (C=O) groups excluding carboxylic acids is 1. The number of fused-ring (bicyclic) bond motifs is 1. The molecule has 31 heavy (non-hydrogen) atoms. The van der Waals surface area contributed by atoms with Crippen LogP contribution in [0.4, 0.5) is 9.39 Å². The highest BCUT2D eigenvalue weighted by Crippen LogP contribution is 2.30. The number of carbonyl (C=O) groups is 2. The minimum Gasteiger partial charge on any atom is -0.477 e.